The van der Waals surface area contributed by atoms with Crippen LogP contribution in [0.3, 0.4) is 0 Å². The van der Waals surface area contributed by atoms with E-state index in [1.165, 1.54) is 24.4 Å². The Morgan fingerprint density at radius 3 is 2.55 bits per heavy atom. The lowest BCUT2D eigenvalue weighted by Gasteiger charge is -2.23. The minimum absolute atomic E-state index is 0.298. The zero-order chi connectivity index (χ0) is 26.6. The summed E-state index contributed by atoms with van der Waals surface area (Å²) in [5.41, 5.74) is 3.70. The Morgan fingerprint density at radius 1 is 1.08 bits per heavy atom. The Morgan fingerprint density at radius 2 is 1.87 bits per heavy atom. The lowest BCUT2D eigenvalue weighted by molar-refractivity contribution is 0.587. The van der Waals surface area contributed by atoms with E-state index in [2.05, 4.69) is 37.1 Å². The molecule has 5 aromatic rings. The van der Waals surface area contributed by atoms with Gasteiger partial charge in [0.1, 0.15) is 23.4 Å². The highest BCUT2D eigenvalue weighted by Gasteiger charge is 2.22. The number of anilines is 2. The zero-order valence-corrected chi connectivity index (χ0v) is 21.0. The van der Waals surface area contributed by atoms with Crippen molar-refractivity contribution in [3.8, 4) is 6.07 Å². The van der Waals surface area contributed by atoms with Crippen molar-refractivity contribution in [1.29, 1.82) is 5.26 Å². The fourth-order valence-electron chi connectivity index (χ4n) is 4.44. The van der Waals surface area contributed by atoms with Crippen molar-refractivity contribution in [2.45, 2.75) is 25.4 Å². The molecule has 0 spiro atoms. The molecule has 2 heterocycles. The van der Waals surface area contributed by atoms with Gasteiger partial charge in [-0.25, -0.2) is 8.78 Å². The third kappa shape index (κ3) is 4.99. The van der Waals surface area contributed by atoms with Gasteiger partial charge in [-0.1, -0.05) is 54.1 Å². The molecule has 38 heavy (non-hydrogen) atoms. The first kappa shape index (κ1) is 25.1. The average Bonchev–Trinajstić information content (AvgIpc) is 3.46. The van der Waals surface area contributed by atoms with Crippen LogP contribution in [0, 0.1) is 23.0 Å². The molecule has 2 aromatic heterocycles. The van der Waals surface area contributed by atoms with Gasteiger partial charge in [0.25, 0.3) is 0 Å². The normalized spacial score (nSPS) is 12.6. The van der Waals surface area contributed by atoms with Crippen LogP contribution < -0.4 is 10.6 Å². The van der Waals surface area contributed by atoms with Gasteiger partial charge in [0, 0.05) is 28.4 Å². The van der Waals surface area contributed by atoms with Crippen LogP contribution in [0.5, 0.6) is 0 Å². The van der Waals surface area contributed by atoms with Gasteiger partial charge in [-0.05, 0) is 42.3 Å². The number of aromatic amines is 1. The molecular weight excluding hydrogens is 508 g/mol. The molecule has 0 amide bonds. The first-order valence-corrected chi connectivity index (χ1v) is 12.3. The molecule has 10 heteroatoms. The van der Waals surface area contributed by atoms with Crippen LogP contribution in [-0.4, -0.2) is 20.4 Å². The molecular formula is C28H22ClF2N7. The number of H-pyrrole nitrogens is 1. The summed E-state index contributed by atoms with van der Waals surface area (Å²) in [6, 6.07) is 17.3. The van der Waals surface area contributed by atoms with E-state index in [0.29, 0.717) is 50.5 Å². The number of benzene rings is 3. The monoisotopic (exact) mass is 529 g/mol. The Hall–Kier alpha value is -4.55. The number of nitrogens with one attached hydrogen (secondary N) is 3. The summed E-state index contributed by atoms with van der Waals surface area (Å²) in [5, 5.41) is 28.3. The highest BCUT2D eigenvalue weighted by atomic mass is 35.5. The summed E-state index contributed by atoms with van der Waals surface area (Å²) >= 11 is 6.56. The van der Waals surface area contributed by atoms with Gasteiger partial charge in [-0.3, -0.25) is 10.1 Å². The molecule has 0 aliphatic carbocycles. The molecule has 5 rings (SSSR count). The Balaban J connectivity index is 1.62. The van der Waals surface area contributed by atoms with Crippen LogP contribution in [0.15, 0.2) is 73.1 Å². The minimum Gasteiger partial charge on any atom is -0.376 e. The third-order valence-corrected chi connectivity index (χ3v) is 6.52. The van der Waals surface area contributed by atoms with E-state index in [9.17, 15) is 14.0 Å². The van der Waals surface area contributed by atoms with Gasteiger partial charge in [-0.15, -0.1) is 5.10 Å². The molecule has 1 unspecified atom stereocenters. The SMILES string of the molecule is CCC(Nc1c(C#N)cnc2c(N[C@@H](c3ccc(F)cc3)c3c[nH]nn3)cc(Cl)cc12)c1ccccc1F. The third-order valence-electron chi connectivity index (χ3n) is 6.30. The number of pyridine rings is 1. The topological polar surface area (TPSA) is 102 Å². The fourth-order valence-corrected chi connectivity index (χ4v) is 4.66. The van der Waals surface area contributed by atoms with Crippen molar-refractivity contribution in [2.24, 2.45) is 0 Å². The number of halogens is 3. The molecule has 2 atom stereocenters. The van der Waals surface area contributed by atoms with E-state index in [0.717, 1.165) is 5.56 Å². The summed E-state index contributed by atoms with van der Waals surface area (Å²) in [4.78, 5) is 4.56. The van der Waals surface area contributed by atoms with Gasteiger partial charge >= 0.3 is 0 Å². The molecule has 0 bridgehead atoms. The van der Waals surface area contributed by atoms with Crippen molar-refractivity contribution in [3.05, 3.63) is 112 Å². The number of hydrogen-bond donors (Lipinski definition) is 3. The number of fused-ring (bicyclic) bond motifs is 1. The van der Waals surface area contributed by atoms with E-state index in [1.807, 2.05) is 6.92 Å². The molecule has 0 fully saturated rings. The quantitative estimate of drug-likeness (QED) is 0.201. The number of aromatic nitrogens is 4. The lowest BCUT2D eigenvalue weighted by atomic mass is 10.0. The first-order valence-electron chi connectivity index (χ1n) is 11.9. The highest BCUT2D eigenvalue weighted by molar-refractivity contribution is 6.32. The van der Waals surface area contributed by atoms with Crippen molar-refractivity contribution in [1.82, 2.24) is 20.4 Å². The van der Waals surface area contributed by atoms with Crippen molar-refractivity contribution in [2.75, 3.05) is 10.6 Å². The van der Waals surface area contributed by atoms with E-state index in [4.69, 9.17) is 11.6 Å². The van der Waals surface area contributed by atoms with Crippen LogP contribution >= 0.6 is 11.6 Å². The van der Waals surface area contributed by atoms with E-state index < -0.39 is 12.1 Å². The first-order chi connectivity index (χ1) is 18.5. The second kappa shape index (κ2) is 10.8. The largest absolute Gasteiger partial charge is 0.376 e. The van der Waals surface area contributed by atoms with Crippen LogP contribution in [0.1, 0.15) is 47.8 Å². The minimum atomic E-state index is -0.508. The van der Waals surface area contributed by atoms with Gasteiger partial charge in [0.15, 0.2) is 0 Å². The molecule has 0 saturated heterocycles. The highest BCUT2D eigenvalue weighted by Crippen LogP contribution is 2.38. The molecule has 0 saturated carbocycles. The maximum atomic E-state index is 14.6. The summed E-state index contributed by atoms with van der Waals surface area (Å²) < 4.78 is 28.3. The summed E-state index contributed by atoms with van der Waals surface area (Å²) in [7, 11) is 0. The molecule has 0 radical (unpaired) electrons. The predicted molar refractivity (Wildman–Crippen MR) is 143 cm³/mol. The molecule has 7 nitrogen and oxygen atoms in total. The van der Waals surface area contributed by atoms with Gasteiger partial charge in [-0.2, -0.15) is 5.26 Å². The number of nitriles is 1. The number of hydrogen-bond acceptors (Lipinski definition) is 6. The number of nitrogens with zero attached hydrogens (tertiary/aromatic N) is 4. The summed E-state index contributed by atoms with van der Waals surface area (Å²) in [5.74, 6) is -0.693. The van der Waals surface area contributed by atoms with Crippen LogP contribution in [0.25, 0.3) is 10.9 Å². The maximum Gasteiger partial charge on any atom is 0.128 e. The van der Waals surface area contributed by atoms with Crippen molar-refractivity contribution >= 4 is 33.9 Å². The smallest absolute Gasteiger partial charge is 0.128 e. The second-order valence-electron chi connectivity index (χ2n) is 8.66. The number of rotatable bonds is 8. The van der Waals surface area contributed by atoms with Crippen molar-refractivity contribution in [3.63, 3.8) is 0 Å². The van der Waals surface area contributed by atoms with E-state index in [1.54, 1.807) is 48.7 Å². The molecule has 0 aliphatic rings. The van der Waals surface area contributed by atoms with Gasteiger partial charge in [0.2, 0.25) is 0 Å². The molecule has 3 aromatic carbocycles. The second-order valence-corrected chi connectivity index (χ2v) is 9.10. The molecule has 3 N–H and O–H groups in total. The zero-order valence-electron chi connectivity index (χ0n) is 20.2. The standard InChI is InChI=1S/C28H22ClF2N7/c1-2-23(20-5-3-4-6-22(20)31)35-26-17(13-32)14-33-28-21(26)11-18(29)12-24(28)36-27(25-15-34-38-37-25)16-7-9-19(30)10-8-16/h3-12,14-15,23,27,36H,2H2,1H3,(H,33,35)(H,34,37,38)/t23?,27-/m0/s1. The molecule has 190 valence electrons. The maximum absolute atomic E-state index is 14.6. The molecule has 0 aliphatic heterocycles. The van der Waals surface area contributed by atoms with E-state index >= 15 is 0 Å². The summed E-state index contributed by atoms with van der Waals surface area (Å²) in [6.45, 7) is 1.94. The van der Waals surface area contributed by atoms with Crippen LogP contribution in [-0.2, 0) is 0 Å². The summed E-state index contributed by atoms with van der Waals surface area (Å²) in [6.07, 6.45) is 3.68. The van der Waals surface area contributed by atoms with Crippen LogP contribution in [0.4, 0.5) is 20.2 Å². The van der Waals surface area contributed by atoms with Gasteiger partial charge < -0.3 is 10.6 Å². The predicted octanol–water partition coefficient (Wildman–Crippen LogP) is 6.92. The Kier molecular flexibility index (Phi) is 7.15. The lowest BCUT2D eigenvalue weighted by Crippen LogP contribution is -2.15. The Labute approximate surface area is 222 Å². The van der Waals surface area contributed by atoms with Gasteiger partial charge in [0.05, 0.1) is 34.5 Å². The average molecular weight is 530 g/mol. The van der Waals surface area contributed by atoms with Crippen LogP contribution in [0.2, 0.25) is 5.02 Å². The van der Waals surface area contributed by atoms with E-state index in [-0.39, 0.29) is 11.6 Å². The fraction of sp³-hybridized carbons (Fsp3) is 0.143. The van der Waals surface area contributed by atoms with Crippen molar-refractivity contribution < 1.29 is 8.78 Å². The Bertz CT molecular complexity index is 1620.